The second-order valence-electron chi connectivity index (χ2n) is 4.59. The Morgan fingerprint density at radius 1 is 1.38 bits per heavy atom. The van der Waals surface area contributed by atoms with Gasteiger partial charge in [-0.1, -0.05) is 50.9 Å². The maximum absolute atomic E-state index is 6.15. The SMILES string of the molecule is C#CC(N)C#CC(C)(N)C(C)CCCCC. The Balaban J connectivity index is 4.29. The van der Waals surface area contributed by atoms with Gasteiger partial charge in [0, 0.05) is 0 Å². The molecule has 0 saturated carbocycles. The van der Waals surface area contributed by atoms with Gasteiger partial charge in [-0.15, -0.1) is 6.42 Å². The molecule has 0 aliphatic heterocycles. The molecule has 0 aromatic rings. The van der Waals surface area contributed by atoms with Gasteiger partial charge in [0.25, 0.3) is 0 Å². The first-order valence-electron chi connectivity index (χ1n) is 5.97. The van der Waals surface area contributed by atoms with Crippen molar-refractivity contribution in [2.24, 2.45) is 17.4 Å². The molecular formula is C14H24N2. The Labute approximate surface area is 100 Å². The van der Waals surface area contributed by atoms with E-state index in [4.69, 9.17) is 17.9 Å². The molecule has 4 N–H and O–H groups in total. The molecule has 0 rings (SSSR count). The topological polar surface area (TPSA) is 52.0 Å². The van der Waals surface area contributed by atoms with Gasteiger partial charge in [0.2, 0.25) is 0 Å². The molecule has 0 spiro atoms. The van der Waals surface area contributed by atoms with Crippen molar-refractivity contribution in [3.63, 3.8) is 0 Å². The zero-order valence-corrected chi connectivity index (χ0v) is 10.7. The number of hydrogen-bond donors (Lipinski definition) is 2. The highest BCUT2D eigenvalue weighted by Gasteiger charge is 2.23. The Bertz CT molecular complexity index is 288. The quantitative estimate of drug-likeness (QED) is 0.549. The van der Waals surface area contributed by atoms with Crippen LogP contribution in [0.25, 0.3) is 0 Å². The molecule has 0 aromatic heterocycles. The van der Waals surface area contributed by atoms with Gasteiger partial charge in [0.15, 0.2) is 0 Å². The van der Waals surface area contributed by atoms with E-state index in [0.29, 0.717) is 5.92 Å². The summed E-state index contributed by atoms with van der Waals surface area (Å²) in [5, 5.41) is 0. The van der Waals surface area contributed by atoms with E-state index in [1.54, 1.807) is 0 Å². The van der Waals surface area contributed by atoms with E-state index in [1.165, 1.54) is 19.3 Å². The zero-order chi connectivity index (χ0) is 12.6. The van der Waals surface area contributed by atoms with Crippen molar-refractivity contribution < 1.29 is 0 Å². The number of terminal acetylenes is 1. The molecule has 16 heavy (non-hydrogen) atoms. The molecule has 0 amide bonds. The van der Waals surface area contributed by atoms with Gasteiger partial charge in [-0.05, 0) is 19.3 Å². The van der Waals surface area contributed by atoms with Crippen LogP contribution < -0.4 is 11.5 Å². The summed E-state index contributed by atoms with van der Waals surface area (Å²) in [5.74, 6) is 8.54. The van der Waals surface area contributed by atoms with Crippen molar-refractivity contribution in [1.82, 2.24) is 0 Å². The standard InChI is InChI=1S/C14H24N2/c1-5-7-8-9-12(3)14(4,16)11-10-13(15)6-2/h2,12-13H,5,7-9,15-16H2,1,3-4H3. The van der Waals surface area contributed by atoms with Crippen LogP contribution in [0.1, 0.15) is 46.5 Å². The van der Waals surface area contributed by atoms with Gasteiger partial charge < -0.3 is 11.5 Å². The summed E-state index contributed by atoms with van der Waals surface area (Å²) in [5.41, 5.74) is 11.2. The van der Waals surface area contributed by atoms with Gasteiger partial charge in [-0.3, -0.25) is 0 Å². The van der Waals surface area contributed by atoms with Crippen LogP contribution in [-0.4, -0.2) is 11.6 Å². The molecule has 0 radical (unpaired) electrons. The fraction of sp³-hybridized carbons (Fsp3) is 0.714. The minimum absolute atomic E-state index is 0.358. The predicted octanol–water partition coefficient (Wildman–Crippen LogP) is 1.88. The van der Waals surface area contributed by atoms with E-state index in [1.807, 2.05) is 6.92 Å². The predicted molar refractivity (Wildman–Crippen MR) is 70.5 cm³/mol. The van der Waals surface area contributed by atoms with Crippen molar-refractivity contribution in [3.05, 3.63) is 0 Å². The minimum atomic E-state index is -0.509. The molecular weight excluding hydrogens is 196 g/mol. The molecule has 90 valence electrons. The second-order valence-corrected chi connectivity index (χ2v) is 4.59. The summed E-state index contributed by atoms with van der Waals surface area (Å²) in [6.07, 6.45) is 9.93. The number of rotatable bonds is 5. The van der Waals surface area contributed by atoms with Crippen LogP contribution >= 0.6 is 0 Å². The molecule has 2 heteroatoms. The molecule has 2 nitrogen and oxygen atoms in total. The molecule has 3 unspecified atom stereocenters. The van der Waals surface area contributed by atoms with Crippen molar-refractivity contribution in [3.8, 4) is 24.2 Å². The van der Waals surface area contributed by atoms with Crippen molar-refractivity contribution in [2.75, 3.05) is 0 Å². The fourth-order valence-electron chi connectivity index (χ4n) is 1.40. The normalized spacial score (nSPS) is 17.5. The van der Waals surface area contributed by atoms with Crippen LogP contribution in [-0.2, 0) is 0 Å². The van der Waals surface area contributed by atoms with E-state index >= 15 is 0 Å². The maximum atomic E-state index is 6.15. The molecule has 0 heterocycles. The first kappa shape index (κ1) is 15.0. The number of unbranched alkanes of at least 4 members (excludes halogenated alkanes) is 2. The summed E-state index contributed by atoms with van der Waals surface area (Å²) in [6, 6.07) is -0.509. The Kier molecular flexibility index (Phi) is 6.90. The largest absolute Gasteiger partial charge is 0.315 e. The second kappa shape index (κ2) is 7.34. The lowest BCUT2D eigenvalue weighted by Gasteiger charge is -2.26. The average Bonchev–Trinajstić information content (AvgIpc) is 2.26. The molecule has 3 atom stereocenters. The fourth-order valence-corrected chi connectivity index (χ4v) is 1.40. The van der Waals surface area contributed by atoms with Gasteiger partial charge >= 0.3 is 0 Å². The van der Waals surface area contributed by atoms with E-state index in [9.17, 15) is 0 Å². The van der Waals surface area contributed by atoms with Crippen LogP contribution in [0.5, 0.6) is 0 Å². The first-order chi connectivity index (χ1) is 7.44. The van der Waals surface area contributed by atoms with Crippen LogP contribution in [0, 0.1) is 30.1 Å². The summed E-state index contributed by atoms with van der Waals surface area (Å²) >= 11 is 0. The summed E-state index contributed by atoms with van der Waals surface area (Å²) in [6.45, 7) is 6.27. The smallest absolute Gasteiger partial charge is 0.128 e. The molecule has 0 saturated heterocycles. The lowest BCUT2D eigenvalue weighted by atomic mass is 9.84. The Morgan fingerprint density at radius 2 is 2.00 bits per heavy atom. The van der Waals surface area contributed by atoms with E-state index in [2.05, 4.69) is 31.6 Å². The van der Waals surface area contributed by atoms with Crippen molar-refractivity contribution >= 4 is 0 Å². The molecule has 0 fully saturated rings. The molecule has 0 aliphatic rings. The molecule has 0 aliphatic carbocycles. The van der Waals surface area contributed by atoms with Gasteiger partial charge in [0.05, 0.1) is 5.54 Å². The third-order valence-corrected chi connectivity index (χ3v) is 2.94. The highest BCUT2D eigenvalue weighted by Crippen LogP contribution is 2.19. The van der Waals surface area contributed by atoms with Crippen LogP contribution in [0.3, 0.4) is 0 Å². The molecule has 0 aromatic carbocycles. The van der Waals surface area contributed by atoms with E-state index < -0.39 is 11.6 Å². The van der Waals surface area contributed by atoms with Crippen LogP contribution in [0.2, 0.25) is 0 Å². The van der Waals surface area contributed by atoms with E-state index in [-0.39, 0.29) is 0 Å². The number of hydrogen-bond acceptors (Lipinski definition) is 2. The molecule has 0 bridgehead atoms. The van der Waals surface area contributed by atoms with Crippen LogP contribution in [0.15, 0.2) is 0 Å². The lowest BCUT2D eigenvalue weighted by Crippen LogP contribution is -2.41. The zero-order valence-electron chi connectivity index (χ0n) is 10.7. The maximum Gasteiger partial charge on any atom is 0.128 e. The first-order valence-corrected chi connectivity index (χ1v) is 5.97. The Hall–Kier alpha value is -0.960. The third-order valence-electron chi connectivity index (χ3n) is 2.94. The minimum Gasteiger partial charge on any atom is -0.315 e. The highest BCUT2D eigenvalue weighted by molar-refractivity contribution is 5.25. The van der Waals surface area contributed by atoms with Crippen molar-refractivity contribution in [1.29, 1.82) is 0 Å². The lowest BCUT2D eigenvalue weighted by molar-refractivity contribution is 0.363. The summed E-state index contributed by atoms with van der Waals surface area (Å²) in [7, 11) is 0. The Morgan fingerprint density at radius 3 is 2.50 bits per heavy atom. The third kappa shape index (κ3) is 5.81. The van der Waals surface area contributed by atoms with E-state index in [0.717, 1.165) is 6.42 Å². The van der Waals surface area contributed by atoms with Crippen molar-refractivity contribution in [2.45, 2.75) is 58.0 Å². The van der Waals surface area contributed by atoms with Gasteiger partial charge in [0.1, 0.15) is 6.04 Å². The van der Waals surface area contributed by atoms with Gasteiger partial charge in [-0.25, -0.2) is 0 Å². The summed E-state index contributed by atoms with van der Waals surface area (Å²) in [4.78, 5) is 0. The average molecular weight is 220 g/mol. The number of nitrogens with two attached hydrogens (primary N) is 2. The highest BCUT2D eigenvalue weighted by atomic mass is 14.7. The monoisotopic (exact) mass is 220 g/mol. The van der Waals surface area contributed by atoms with Crippen LogP contribution in [0.4, 0.5) is 0 Å². The summed E-state index contributed by atoms with van der Waals surface area (Å²) < 4.78 is 0. The van der Waals surface area contributed by atoms with Gasteiger partial charge in [-0.2, -0.15) is 0 Å².